The van der Waals surface area contributed by atoms with Gasteiger partial charge < -0.3 is 19.5 Å². The molecule has 17 heavy (non-hydrogen) atoms. The first-order valence-electron chi connectivity index (χ1n) is 5.85. The Bertz CT molecular complexity index is 377. The number of ether oxygens (including phenoxy) is 2. The third kappa shape index (κ3) is 3.00. The smallest absolute Gasteiger partial charge is 0.488 e. The zero-order valence-electron chi connectivity index (χ0n) is 9.93. The average Bonchev–Trinajstić information content (AvgIpc) is 2.26. The molecule has 0 bridgehead atoms. The van der Waals surface area contributed by atoms with Crippen LogP contribution in [-0.4, -0.2) is 30.4 Å². The molecule has 0 saturated heterocycles. The molecule has 1 aliphatic carbocycles. The first kappa shape index (κ1) is 12.4. The maximum atomic E-state index is 9.26. The van der Waals surface area contributed by atoms with Gasteiger partial charge in [-0.15, -0.1) is 0 Å². The van der Waals surface area contributed by atoms with Gasteiger partial charge in [-0.05, 0) is 42.4 Å². The molecule has 0 heterocycles. The molecule has 2 rings (SSSR count). The number of hydrogen-bond donors (Lipinski definition) is 2. The molecule has 0 amide bonds. The Balaban J connectivity index is 2.09. The van der Waals surface area contributed by atoms with Crippen LogP contribution in [0.15, 0.2) is 18.2 Å². The van der Waals surface area contributed by atoms with Crippen LogP contribution >= 0.6 is 0 Å². The fourth-order valence-corrected chi connectivity index (χ4v) is 1.83. The van der Waals surface area contributed by atoms with Crippen LogP contribution < -0.4 is 10.2 Å². The lowest BCUT2D eigenvalue weighted by Gasteiger charge is -2.26. The summed E-state index contributed by atoms with van der Waals surface area (Å²) in [6, 6.07) is 5.15. The van der Waals surface area contributed by atoms with E-state index in [0.29, 0.717) is 23.9 Å². The normalized spacial score (nSPS) is 15.5. The Hall–Kier alpha value is -1.04. The number of hydrogen-bond acceptors (Lipinski definition) is 4. The van der Waals surface area contributed by atoms with Crippen LogP contribution in [-0.2, 0) is 11.3 Å². The minimum Gasteiger partial charge on any atom is -0.497 e. The molecule has 1 aromatic rings. The van der Waals surface area contributed by atoms with Crippen LogP contribution in [0.2, 0.25) is 0 Å². The third-order valence-corrected chi connectivity index (χ3v) is 3.16. The monoisotopic (exact) mass is 236 g/mol. The zero-order valence-corrected chi connectivity index (χ0v) is 9.93. The van der Waals surface area contributed by atoms with E-state index in [1.807, 2.05) is 0 Å². The Morgan fingerprint density at radius 1 is 1.35 bits per heavy atom. The number of methoxy groups -OCH3 is 1. The summed E-state index contributed by atoms with van der Waals surface area (Å²) in [6.07, 6.45) is 3.74. The lowest BCUT2D eigenvalue weighted by atomic mass is 9.77. The van der Waals surface area contributed by atoms with Gasteiger partial charge in [0.2, 0.25) is 0 Å². The van der Waals surface area contributed by atoms with Crippen LogP contribution in [0.1, 0.15) is 24.8 Å². The molecule has 1 fully saturated rings. The lowest BCUT2D eigenvalue weighted by molar-refractivity contribution is -0.00846. The Labute approximate surface area is 101 Å². The quantitative estimate of drug-likeness (QED) is 0.728. The van der Waals surface area contributed by atoms with Crippen molar-refractivity contribution >= 4 is 12.6 Å². The summed E-state index contributed by atoms with van der Waals surface area (Å²) in [4.78, 5) is 0. The summed E-state index contributed by atoms with van der Waals surface area (Å²) in [7, 11) is 0.113. The van der Waals surface area contributed by atoms with Crippen LogP contribution in [0.5, 0.6) is 5.75 Å². The Kier molecular flexibility index (Phi) is 4.04. The largest absolute Gasteiger partial charge is 0.497 e. The molecule has 0 atom stereocenters. The van der Waals surface area contributed by atoms with Crippen molar-refractivity contribution in [3.05, 3.63) is 23.8 Å². The van der Waals surface area contributed by atoms with Crippen LogP contribution in [0, 0.1) is 0 Å². The van der Waals surface area contributed by atoms with Gasteiger partial charge in [0.25, 0.3) is 0 Å². The van der Waals surface area contributed by atoms with Gasteiger partial charge in [0.15, 0.2) is 0 Å². The van der Waals surface area contributed by atoms with Gasteiger partial charge in [-0.1, -0.05) is 6.07 Å². The van der Waals surface area contributed by atoms with E-state index >= 15 is 0 Å². The molecule has 4 nitrogen and oxygen atoms in total. The highest BCUT2D eigenvalue weighted by Gasteiger charge is 2.21. The maximum Gasteiger partial charge on any atom is 0.488 e. The highest BCUT2D eigenvalue weighted by molar-refractivity contribution is 6.59. The molecule has 0 unspecified atom stereocenters. The third-order valence-electron chi connectivity index (χ3n) is 3.16. The second kappa shape index (κ2) is 5.53. The molecule has 92 valence electrons. The predicted octanol–water partition coefficient (Wildman–Crippen LogP) is 0.444. The van der Waals surface area contributed by atoms with Gasteiger partial charge in [0.05, 0.1) is 19.8 Å². The summed E-state index contributed by atoms with van der Waals surface area (Å²) in [6.45, 7) is 0.398. The molecule has 2 N–H and O–H groups in total. The maximum absolute atomic E-state index is 9.26. The fraction of sp³-hybridized carbons (Fsp3) is 0.500. The summed E-state index contributed by atoms with van der Waals surface area (Å²) in [5.74, 6) is 0.696. The standard InChI is InChI=1S/C12H17BO4/c1-16-11-5-6-12(13(14)15)9(7-11)8-17-10-3-2-4-10/h5-7,10,14-15H,2-4,8H2,1H3. The molecule has 1 aliphatic rings. The van der Waals surface area contributed by atoms with E-state index in [9.17, 15) is 10.0 Å². The van der Waals surface area contributed by atoms with Gasteiger partial charge in [-0.25, -0.2) is 0 Å². The van der Waals surface area contributed by atoms with Crippen molar-refractivity contribution in [3.63, 3.8) is 0 Å². The van der Waals surface area contributed by atoms with Crippen molar-refractivity contribution in [2.24, 2.45) is 0 Å². The zero-order chi connectivity index (χ0) is 12.3. The second-order valence-electron chi connectivity index (χ2n) is 4.30. The van der Waals surface area contributed by atoms with Crippen molar-refractivity contribution in [2.75, 3.05) is 7.11 Å². The minimum absolute atomic E-state index is 0.324. The average molecular weight is 236 g/mol. The number of benzene rings is 1. The van der Waals surface area contributed by atoms with Gasteiger partial charge >= 0.3 is 7.12 Å². The van der Waals surface area contributed by atoms with Crippen LogP contribution in [0.25, 0.3) is 0 Å². The topological polar surface area (TPSA) is 58.9 Å². The highest BCUT2D eigenvalue weighted by Crippen LogP contribution is 2.23. The first-order chi connectivity index (χ1) is 8.20. The van der Waals surface area contributed by atoms with Crippen molar-refractivity contribution in [1.29, 1.82) is 0 Å². The van der Waals surface area contributed by atoms with Crippen LogP contribution in [0.3, 0.4) is 0 Å². The SMILES string of the molecule is COc1ccc(B(O)O)c(COC2CCC2)c1. The molecular formula is C12H17BO4. The van der Waals surface area contributed by atoms with Gasteiger partial charge in [-0.3, -0.25) is 0 Å². The van der Waals surface area contributed by atoms with Crippen LogP contribution in [0.4, 0.5) is 0 Å². The summed E-state index contributed by atoms with van der Waals surface area (Å²) in [5, 5.41) is 18.5. The summed E-state index contributed by atoms with van der Waals surface area (Å²) in [5.41, 5.74) is 1.25. The van der Waals surface area contributed by atoms with E-state index in [2.05, 4.69) is 0 Å². The molecule has 1 saturated carbocycles. The van der Waals surface area contributed by atoms with Crippen molar-refractivity contribution < 1.29 is 19.5 Å². The van der Waals surface area contributed by atoms with Crippen molar-refractivity contribution in [3.8, 4) is 5.75 Å². The first-order valence-corrected chi connectivity index (χ1v) is 5.85. The molecule has 0 radical (unpaired) electrons. The van der Waals surface area contributed by atoms with E-state index in [1.165, 1.54) is 6.42 Å². The van der Waals surface area contributed by atoms with Gasteiger partial charge in [-0.2, -0.15) is 0 Å². The van der Waals surface area contributed by atoms with E-state index in [-0.39, 0.29) is 0 Å². The summed E-state index contributed by atoms with van der Waals surface area (Å²) >= 11 is 0. The lowest BCUT2D eigenvalue weighted by Crippen LogP contribution is -2.34. The molecule has 5 heteroatoms. The predicted molar refractivity (Wildman–Crippen MR) is 65.2 cm³/mol. The fourth-order valence-electron chi connectivity index (χ4n) is 1.83. The van der Waals surface area contributed by atoms with Crippen molar-refractivity contribution in [2.45, 2.75) is 32.0 Å². The Morgan fingerprint density at radius 3 is 2.65 bits per heavy atom. The molecule has 0 spiro atoms. The van der Waals surface area contributed by atoms with Gasteiger partial charge in [0, 0.05) is 0 Å². The summed E-state index contributed by atoms with van der Waals surface area (Å²) < 4.78 is 10.8. The molecule has 0 aromatic heterocycles. The van der Waals surface area contributed by atoms with E-state index in [4.69, 9.17) is 9.47 Å². The van der Waals surface area contributed by atoms with E-state index in [1.54, 1.807) is 25.3 Å². The highest BCUT2D eigenvalue weighted by atomic mass is 16.5. The Morgan fingerprint density at radius 2 is 2.12 bits per heavy atom. The number of rotatable bonds is 5. The van der Waals surface area contributed by atoms with Crippen molar-refractivity contribution in [1.82, 2.24) is 0 Å². The van der Waals surface area contributed by atoms with E-state index < -0.39 is 7.12 Å². The van der Waals surface area contributed by atoms with E-state index in [0.717, 1.165) is 18.4 Å². The molecule has 0 aliphatic heterocycles. The van der Waals surface area contributed by atoms with Gasteiger partial charge in [0.1, 0.15) is 5.75 Å². The minimum atomic E-state index is -1.47. The molecular weight excluding hydrogens is 219 g/mol. The second-order valence-corrected chi connectivity index (χ2v) is 4.30. The molecule has 1 aromatic carbocycles.